The molecule has 23 heavy (non-hydrogen) atoms. The van der Waals surface area contributed by atoms with Gasteiger partial charge in [-0.1, -0.05) is 48.9 Å². The van der Waals surface area contributed by atoms with Crippen molar-refractivity contribution in [3.8, 4) is 6.07 Å². The number of allylic oxidation sites excluding steroid dienone is 1. The minimum Gasteiger partial charge on any atom is -0.249 e. The van der Waals surface area contributed by atoms with E-state index in [9.17, 15) is 9.47 Å². The van der Waals surface area contributed by atoms with Gasteiger partial charge in [0.25, 0.3) is 0 Å². The summed E-state index contributed by atoms with van der Waals surface area (Å²) in [4.78, 5) is 1.46. The molecule has 0 aliphatic rings. The maximum atomic E-state index is 13.0. The Balaban J connectivity index is 2.57. The molecule has 1 unspecified atom stereocenters. The van der Waals surface area contributed by atoms with Crippen molar-refractivity contribution in [2.45, 2.75) is 41.9 Å². The third kappa shape index (κ3) is 3.43. The van der Waals surface area contributed by atoms with Gasteiger partial charge in [0.15, 0.2) is 0 Å². The van der Waals surface area contributed by atoms with Gasteiger partial charge >= 0.3 is 0 Å². The van der Waals surface area contributed by atoms with Gasteiger partial charge in [-0.3, -0.25) is 0 Å². The normalized spacial score (nSPS) is 14.5. The average molecular weight is 323 g/mol. The fraction of sp³-hybridized carbons (Fsp3) is 0.250. The van der Waals surface area contributed by atoms with Crippen molar-refractivity contribution in [3.05, 3.63) is 72.3 Å². The number of aryl methyl sites for hydroxylation is 1. The third-order valence-electron chi connectivity index (χ3n) is 4.15. The van der Waals surface area contributed by atoms with Crippen LogP contribution in [-0.2, 0) is 16.2 Å². The topological polar surface area (TPSA) is 40.9 Å². The van der Waals surface area contributed by atoms with Crippen LogP contribution in [0.1, 0.15) is 30.9 Å². The molecule has 0 aliphatic carbocycles. The Morgan fingerprint density at radius 1 is 1.22 bits per heavy atom. The van der Waals surface area contributed by atoms with Crippen LogP contribution in [0.2, 0.25) is 0 Å². The van der Waals surface area contributed by atoms with Gasteiger partial charge in [-0.25, -0.2) is 4.21 Å². The number of rotatable bonds is 6. The fourth-order valence-electron chi connectivity index (χ4n) is 2.69. The number of nitrogens with zero attached hydrogens (tertiary/aromatic N) is 1. The zero-order valence-electron chi connectivity index (χ0n) is 13.6. The van der Waals surface area contributed by atoms with E-state index in [1.807, 2.05) is 62.4 Å². The summed E-state index contributed by atoms with van der Waals surface area (Å²) in [5.41, 5.74) is 1.29. The molecule has 0 amide bonds. The highest BCUT2D eigenvalue weighted by atomic mass is 32.2. The van der Waals surface area contributed by atoms with Gasteiger partial charge in [-0.2, -0.15) is 5.26 Å². The van der Waals surface area contributed by atoms with Crippen LogP contribution in [0.4, 0.5) is 0 Å². The Kier molecular flexibility index (Phi) is 5.52. The quantitative estimate of drug-likeness (QED) is 0.709. The summed E-state index contributed by atoms with van der Waals surface area (Å²) >= 11 is 0. The van der Waals surface area contributed by atoms with E-state index in [4.69, 9.17) is 0 Å². The largest absolute Gasteiger partial charge is 0.249 e. The minimum absolute atomic E-state index is 0.544. The Bertz CT molecular complexity index is 758. The first-order valence-electron chi connectivity index (χ1n) is 7.68. The number of hydrogen-bond acceptors (Lipinski definition) is 2. The highest BCUT2D eigenvalue weighted by molar-refractivity contribution is 7.85. The van der Waals surface area contributed by atoms with E-state index < -0.39 is 16.2 Å². The van der Waals surface area contributed by atoms with Crippen LogP contribution in [0.3, 0.4) is 0 Å². The third-order valence-corrected chi connectivity index (χ3v) is 5.60. The first-order valence-corrected chi connectivity index (χ1v) is 8.83. The first kappa shape index (κ1) is 17.2. The molecule has 0 aliphatic heterocycles. The molecule has 0 fully saturated rings. The van der Waals surface area contributed by atoms with Crippen molar-refractivity contribution >= 4 is 10.8 Å². The lowest BCUT2D eigenvalue weighted by molar-refractivity contribution is 0.526. The minimum atomic E-state index is -1.31. The van der Waals surface area contributed by atoms with E-state index in [-0.39, 0.29) is 0 Å². The zero-order chi connectivity index (χ0) is 16.9. The van der Waals surface area contributed by atoms with Gasteiger partial charge in [-0.15, -0.1) is 6.58 Å². The van der Waals surface area contributed by atoms with E-state index in [1.54, 1.807) is 6.08 Å². The van der Waals surface area contributed by atoms with E-state index >= 15 is 0 Å². The lowest BCUT2D eigenvalue weighted by Gasteiger charge is -2.26. The standard InChI is InChI=1S/C20H21NOS/c1-4-14-20(5-2,15-21)18-8-6-7-9-19(18)23(22)17-12-10-16(3)11-13-17/h4,6-13H,1,5,14H2,2-3H3/t20-,23?/m1/s1. The summed E-state index contributed by atoms with van der Waals surface area (Å²) in [7, 11) is -1.31. The number of benzene rings is 2. The lowest BCUT2D eigenvalue weighted by Crippen LogP contribution is -2.24. The molecule has 0 radical (unpaired) electrons. The molecule has 3 heteroatoms. The van der Waals surface area contributed by atoms with Crippen LogP contribution in [0.15, 0.2) is 71.0 Å². The van der Waals surface area contributed by atoms with Crippen LogP contribution >= 0.6 is 0 Å². The van der Waals surface area contributed by atoms with E-state index in [2.05, 4.69) is 12.6 Å². The van der Waals surface area contributed by atoms with Crippen LogP contribution in [0.25, 0.3) is 0 Å². The molecule has 2 aromatic carbocycles. The molecule has 2 aromatic rings. The second-order valence-electron chi connectivity index (χ2n) is 5.62. The molecular weight excluding hydrogens is 302 g/mol. The SMILES string of the molecule is C=CC[C@@](C#N)(CC)c1ccccc1S(=O)c1ccc(C)cc1. The molecular formula is C20H21NOS. The summed E-state index contributed by atoms with van der Waals surface area (Å²) in [6, 6.07) is 17.7. The highest BCUT2D eigenvalue weighted by Crippen LogP contribution is 2.36. The summed E-state index contributed by atoms with van der Waals surface area (Å²) in [6.45, 7) is 7.77. The lowest BCUT2D eigenvalue weighted by atomic mass is 9.77. The molecule has 0 saturated carbocycles. The second kappa shape index (κ2) is 7.39. The van der Waals surface area contributed by atoms with Gasteiger partial charge in [0.05, 0.1) is 22.3 Å². The zero-order valence-corrected chi connectivity index (χ0v) is 14.4. The van der Waals surface area contributed by atoms with Gasteiger partial charge < -0.3 is 0 Å². The van der Waals surface area contributed by atoms with Crippen LogP contribution in [0.5, 0.6) is 0 Å². The van der Waals surface area contributed by atoms with E-state index in [0.29, 0.717) is 17.7 Å². The van der Waals surface area contributed by atoms with Crippen molar-refractivity contribution in [2.75, 3.05) is 0 Å². The monoisotopic (exact) mass is 323 g/mol. The fourth-order valence-corrected chi connectivity index (χ4v) is 3.99. The number of nitriles is 1. The molecule has 0 N–H and O–H groups in total. The summed E-state index contributed by atoms with van der Waals surface area (Å²) < 4.78 is 13.0. The van der Waals surface area contributed by atoms with Crippen molar-refractivity contribution in [2.24, 2.45) is 0 Å². The van der Waals surface area contributed by atoms with Gasteiger partial charge in [0.1, 0.15) is 0 Å². The maximum absolute atomic E-state index is 13.0. The summed E-state index contributed by atoms with van der Waals surface area (Å²) in [5.74, 6) is 0. The molecule has 0 heterocycles. The van der Waals surface area contributed by atoms with Crippen molar-refractivity contribution in [1.82, 2.24) is 0 Å². The smallest absolute Gasteiger partial charge is 0.0865 e. The number of hydrogen-bond donors (Lipinski definition) is 0. The molecule has 2 atom stereocenters. The van der Waals surface area contributed by atoms with Crippen molar-refractivity contribution in [3.63, 3.8) is 0 Å². The first-order chi connectivity index (χ1) is 11.1. The molecule has 2 rings (SSSR count). The molecule has 118 valence electrons. The van der Waals surface area contributed by atoms with Gasteiger partial charge in [0, 0.05) is 9.79 Å². The van der Waals surface area contributed by atoms with Crippen LogP contribution in [-0.4, -0.2) is 4.21 Å². The van der Waals surface area contributed by atoms with Crippen LogP contribution < -0.4 is 0 Å². The average Bonchev–Trinajstić information content (AvgIpc) is 2.60. The van der Waals surface area contributed by atoms with Crippen LogP contribution in [0, 0.1) is 18.3 Å². The summed E-state index contributed by atoms with van der Waals surface area (Å²) in [6.07, 6.45) is 2.96. The molecule has 2 nitrogen and oxygen atoms in total. The van der Waals surface area contributed by atoms with Crippen molar-refractivity contribution in [1.29, 1.82) is 5.26 Å². The maximum Gasteiger partial charge on any atom is 0.0865 e. The van der Waals surface area contributed by atoms with Gasteiger partial charge in [0.2, 0.25) is 0 Å². The predicted molar refractivity (Wildman–Crippen MR) is 94.7 cm³/mol. The molecule has 0 spiro atoms. The Morgan fingerprint density at radius 3 is 2.43 bits per heavy atom. The molecule has 0 aromatic heterocycles. The van der Waals surface area contributed by atoms with E-state index in [0.717, 1.165) is 16.0 Å². The molecule has 0 saturated heterocycles. The molecule has 0 bridgehead atoms. The Morgan fingerprint density at radius 2 is 1.87 bits per heavy atom. The van der Waals surface area contributed by atoms with Crippen molar-refractivity contribution < 1.29 is 4.21 Å². The Labute approximate surface area is 140 Å². The second-order valence-corrected chi connectivity index (χ2v) is 7.07. The highest BCUT2D eigenvalue weighted by Gasteiger charge is 2.32. The predicted octanol–water partition coefficient (Wildman–Crippen LogP) is 4.91. The Hall–Kier alpha value is -2.18. The van der Waals surface area contributed by atoms with E-state index in [1.165, 1.54) is 0 Å². The summed E-state index contributed by atoms with van der Waals surface area (Å²) in [5, 5.41) is 9.78. The van der Waals surface area contributed by atoms with Gasteiger partial charge in [-0.05, 0) is 43.5 Å².